The Kier molecular flexibility index (Phi) is 4.70. The minimum atomic E-state index is -3.58. The Balaban J connectivity index is 2.00. The number of nitrogens with two attached hydrogens (primary N) is 1. The van der Waals surface area contributed by atoms with Crippen LogP contribution >= 0.6 is 23.2 Å². The van der Waals surface area contributed by atoms with Crippen LogP contribution in [-0.2, 0) is 16.8 Å². The lowest BCUT2D eigenvalue weighted by Crippen LogP contribution is -2.50. The normalized spacial score (nSPS) is 18.7. The summed E-state index contributed by atoms with van der Waals surface area (Å²) >= 11 is 12.2. The van der Waals surface area contributed by atoms with Gasteiger partial charge in [-0.05, 0) is 12.1 Å². The van der Waals surface area contributed by atoms with E-state index in [9.17, 15) is 8.42 Å². The van der Waals surface area contributed by atoms with E-state index < -0.39 is 10.2 Å². The average molecular weight is 324 g/mol. The molecule has 1 heterocycles. The molecule has 1 aromatic rings. The summed E-state index contributed by atoms with van der Waals surface area (Å²) < 4.78 is 23.7. The second-order valence-electron chi connectivity index (χ2n) is 4.42. The zero-order valence-electron chi connectivity index (χ0n) is 10.2. The highest BCUT2D eigenvalue weighted by molar-refractivity contribution is 7.86. The van der Waals surface area contributed by atoms with E-state index in [-0.39, 0.29) is 0 Å². The zero-order valence-corrected chi connectivity index (χ0v) is 12.5. The van der Waals surface area contributed by atoms with Gasteiger partial charge in [0.25, 0.3) is 10.2 Å². The number of nitrogens with zero attached hydrogens (tertiary/aromatic N) is 2. The van der Waals surface area contributed by atoms with Crippen LogP contribution in [0.5, 0.6) is 0 Å². The second-order valence-corrected chi connectivity index (χ2v) is 6.78. The first kappa shape index (κ1) is 15.0. The quantitative estimate of drug-likeness (QED) is 0.912. The van der Waals surface area contributed by atoms with Gasteiger partial charge in [0.15, 0.2) is 0 Å². The zero-order chi connectivity index (χ0) is 14.0. The predicted octanol–water partition coefficient (Wildman–Crippen LogP) is 1.31. The van der Waals surface area contributed by atoms with Gasteiger partial charge in [0.05, 0.1) is 0 Å². The summed E-state index contributed by atoms with van der Waals surface area (Å²) in [6, 6.07) is 5.39. The smallest absolute Gasteiger partial charge is 0.276 e. The SMILES string of the molecule is NS(=O)(=O)N1CCN(Cc2c(Cl)cccc2Cl)CC1. The summed E-state index contributed by atoms with van der Waals surface area (Å²) in [7, 11) is -3.58. The number of piperazine rings is 1. The fourth-order valence-corrected chi connectivity index (χ4v) is 3.24. The lowest BCUT2D eigenvalue weighted by Gasteiger charge is -2.33. The maximum absolute atomic E-state index is 11.2. The Morgan fingerprint density at radius 2 is 1.63 bits per heavy atom. The standard InChI is InChI=1S/C11H15Cl2N3O2S/c12-10-2-1-3-11(13)9(10)8-15-4-6-16(7-5-15)19(14,17)18/h1-3H,4-8H2,(H2,14,17,18). The van der Waals surface area contributed by atoms with Gasteiger partial charge in [-0.1, -0.05) is 29.3 Å². The largest absolute Gasteiger partial charge is 0.296 e. The molecule has 1 fully saturated rings. The van der Waals surface area contributed by atoms with Crippen molar-refractivity contribution in [2.24, 2.45) is 5.14 Å². The maximum Gasteiger partial charge on any atom is 0.276 e. The molecular weight excluding hydrogens is 309 g/mol. The van der Waals surface area contributed by atoms with Gasteiger partial charge < -0.3 is 0 Å². The summed E-state index contributed by atoms with van der Waals surface area (Å²) in [4.78, 5) is 2.11. The van der Waals surface area contributed by atoms with Crippen molar-refractivity contribution in [1.82, 2.24) is 9.21 Å². The number of halogens is 2. The van der Waals surface area contributed by atoms with Crippen LogP contribution in [-0.4, -0.2) is 43.8 Å². The molecule has 5 nitrogen and oxygen atoms in total. The average Bonchev–Trinajstić information content (AvgIpc) is 2.33. The molecule has 0 saturated carbocycles. The molecule has 1 saturated heterocycles. The van der Waals surface area contributed by atoms with E-state index in [1.807, 2.05) is 0 Å². The summed E-state index contributed by atoms with van der Waals surface area (Å²) in [5.41, 5.74) is 0.870. The number of rotatable bonds is 3. The molecule has 19 heavy (non-hydrogen) atoms. The molecule has 0 amide bonds. The van der Waals surface area contributed by atoms with E-state index in [0.717, 1.165) is 5.56 Å². The van der Waals surface area contributed by atoms with Crippen LogP contribution in [0.1, 0.15) is 5.56 Å². The third kappa shape index (κ3) is 3.81. The Morgan fingerprint density at radius 3 is 2.11 bits per heavy atom. The molecule has 1 aliphatic heterocycles. The van der Waals surface area contributed by atoms with Gasteiger partial charge in [-0.15, -0.1) is 0 Å². The fraction of sp³-hybridized carbons (Fsp3) is 0.455. The summed E-state index contributed by atoms with van der Waals surface area (Å²) in [6.07, 6.45) is 0. The molecule has 0 atom stereocenters. The monoisotopic (exact) mass is 323 g/mol. The van der Waals surface area contributed by atoms with Gasteiger partial charge in [-0.2, -0.15) is 12.7 Å². The van der Waals surface area contributed by atoms with E-state index in [1.165, 1.54) is 4.31 Å². The van der Waals surface area contributed by atoms with Crippen LogP contribution in [0, 0.1) is 0 Å². The van der Waals surface area contributed by atoms with Crippen LogP contribution in [0.3, 0.4) is 0 Å². The van der Waals surface area contributed by atoms with Crippen LogP contribution in [0.4, 0.5) is 0 Å². The van der Waals surface area contributed by atoms with Crippen molar-refractivity contribution in [2.45, 2.75) is 6.54 Å². The molecule has 8 heteroatoms. The molecule has 106 valence electrons. The van der Waals surface area contributed by atoms with Gasteiger partial charge in [0.2, 0.25) is 0 Å². The van der Waals surface area contributed by atoms with Gasteiger partial charge in [0, 0.05) is 48.3 Å². The lowest BCUT2D eigenvalue weighted by atomic mass is 10.2. The van der Waals surface area contributed by atoms with E-state index in [4.69, 9.17) is 28.3 Å². The van der Waals surface area contributed by atoms with Crippen LogP contribution in [0.25, 0.3) is 0 Å². The lowest BCUT2D eigenvalue weighted by molar-refractivity contribution is 0.181. The first-order chi connectivity index (χ1) is 8.88. The first-order valence-electron chi connectivity index (χ1n) is 5.81. The summed E-state index contributed by atoms with van der Waals surface area (Å²) in [6.45, 7) is 2.61. The van der Waals surface area contributed by atoms with E-state index in [1.54, 1.807) is 18.2 Å². The van der Waals surface area contributed by atoms with Crippen molar-refractivity contribution >= 4 is 33.4 Å². The predicted molar refractivity (Wildman–Crippen MR) is 76.4 cm³/mol. The molecule has 2 rings (SSSR count). The van der Waals surface area contributed by atoms with Crippen molar-refractivity contribution in [3.63, 3.8) is 0 Å². The van der Waals surface area contributed by atoms with Crippen LogP contribution in [0.2, 0.25) is 10.0 Å². The van der Waals surface area contributed by atoms with Crippen molar-refractivity contribution in [3.05, 3.63) is 33.8 Å². The highest BCUT2D eigenvalue weighted by Crippen LogP contribution is 2.26. The maximum atomic E-state index is 11.2. The van der Waals surface area contributed by atoms with Crippen molar-refractivity contribution in [3.8, 4) is 0 Å². The van der Waals surface area contributed by atoms with Crippen molar-refractivity contribution in [2.75, 3.05) is 26.2 Å². The molecule has 0 radical (unpaired) electrons. The topological polar surface area (TPSA) is 66.6 Å². The highest BCUT2D eigenvalue weighted by Gasteiger charge is 2.24. The van der Waals surface area contributed by atoms with Crippen molar-refractivity contribution < 1.29 is 8.42 Å². The van der Waals surface area contributed by atoms with Crippen molar-refractivity contribution in [1.29, 1.82) is 0 Å². The molecule has 0 unspecified atom stereocenters. The molecule has 1 aromatic carbocycles. The van der Waals surface area contributed by atoms with E-state index in [0.29, 0.717) is 42.8 Å². The Morgan fingerprint density at radius 1 is 1.11 bits per heavy atom. The van der Waals surface area contributed by atoms with Crippen LogP contribution < -0.4 is 5.14 Å². The van der Waals surface area contributed by atoms with Gasteiger partial charge in [0.1, 0.15) is 0 Å². The summed E-state index contributed by atoms with van der Waals surface area (Å²) in [5, 5.41) is 6.35. The Labute approximate surface area is 123 Å². The number of hydrogen-bond donors (Lipinski definition) is 1. The second kappa shape index (κ2) is 5.95. The Bertz CT molecular complexity index is 537. The van der Waals surface area contributed by atoms with E-state index in [2.05, 4.69) is 4.90 Å². The number of hydrogen-bond acceptors (Lipinski definition) is 3. The minimum absolute atomic E-state index is 0.390. The fourth-order valence-electron chi connectivity index (χ4n) is 2.05. The molecular formula is C11H15Cl2N3O2S. The van der Waals surface area contributed by atoms with Gasteiger partial charge in [-0.3, -0.25) is 4.90 Å². The van der Waals surface area contributed by atoms with E-state index >= 15 is 0 Å². The van der Waals surface area contributed by atoms with Gasteiger partial charge in [-0.25, -0.2) is 5.14 Å². The summed E-state index contributed by atoms with van der Waals surface area (Å²) in [5.74, 6) is 0. The Hall–Kier alpha value is -0.370. The molecule has 0 bridgehead atoms. The molecule has 0 spiro atoms. The molecule has 0 aromatic heterocycles. The highest BCUT2D eigenvalue weighted by atomic mass is 35.5. The van der Waals surface area contributed by atoms with Crippen LogP contribution in [0.15, 0.2) is 18.2 Å². The third-order valence-electron chi connectivity index (χ3n) is 3.13. The third-order valence-corrected chi connectivity index (χ3v) is 4.93. The minimum Gasteiger partial charge on any atom is -0.296 e. The first-order valence-corrected chi connectivity index (χ1v) is 8.07. The molecule has 0 aliphatic carbocycles. The molecule has 2 N–H and O–H groups in total. The van der Waals surface area contributed by atoms with Gasteiger partial charge >= 0.3 is 0 Å². The molecule has 1 aliphatic rings. The number of benzene rings is 1.